The van der Waals surface area contributed by atoms with Crippen LogP contribution in [0, 0.1) is 0 Å². The van der Waals surface area contributed by atoms with Gasteiger partial charge < -0.3 is 14.8 Å². The predicted octanol–water partition coefficient (Wildman–Crippen LogP) is 1.77. The molecule has 0 saturated heterocycles. The average Bonchev–Trinajstić information content (AvgIpc) is 2.90. The molecule has 6 nitrogen and oxygen atoms in total. The van der Waals surface area contributed by atoms with Gasteiger partial charge in [0.1, 0.15) is 25.3 Å². The van der Waals surface area contributed by atoms with Crippen LogP contribution < -0.4 is 14.8 Å². The van der Waals surface area contributed by atoms with E-state index < -0.39 is 0 Å². The van der Waals surface area contributed by atoms with Crippen molar-refractivity contribution >= 4 is 0 Å². The van der Waals surface area contributed by atoms with E-state index in [-0.39, 0.29) is 0 Å². The molecule has 6 heteroatoms. The van der Waals surface area contributed by atoms with Crippen LogP contribution in [0.2, 0.25) is 0 Å². The molecule has 0 unspecified atom stereocenters. The molecule has 0 aliphatic heterocycles. The Morgan fingerprint density at radius 1 is 1.24 bits per heavy atom. The van der Waals surface area contributed by atoms with Gasteiger partial charge in [0.2, 0.25) is 0 Å². The molecule has 0 saturated carbocycles. The number of hydrogen-bond acceptors (Lipinski definition) is 5. The second-order valence-corrected chi connectivity index (χ2v) is 4.72. The second kappa shape index (κ2) is 8.26. The Labute approximate surface area is 125 Å². The molecule has 1 heterocycles. The number of rotatable bonds is 9. The smallest absolute Gasteiger partial charge is 0.335 e. The normalized spacial score (nSPS) is 10.6. The number of hydrogen-bond donors (Lipinski definition) is 1. The molecule has 0 aliphatic carbocycles. The minimum absolute atomic E-state index is 0.374. The minimum atomic E-state index is 0.374. The highest BCUT2D eigenvalue weighted by atomic mass is 16.5. The standard InChI is InChI=1S/C15H22N4O2/c1-3-7-16-11-13-5-4-6-14(10-13)20-8-9-21-15-17-12-19(2)18-15/h4-6,10,12,16H,3,7-9,11H2,1-2H3. The van der Waals surface area contributed by atoms with Crippen LogP contribution in [-0.4, -0.2) is 34.5 Å². The van der Waals surface area contributed by atoms with Crippen molar-refractivity contribution in [1.29, 1.82) is 0 Å². The lowest BCUT2D eigenvalue weighted by Crippen LogP contribution is -2.14. The van der Waals surface area contributed by atoms with Gasteiger partial charge in [-0.05, 0) is 30.7 Å². The topological polar surface area (TPSA) is 61.2 Å². The molecule has 114 valence electrons. The van der Waals surface area contributed by atoms with Gasteiger partial charge in [-0.2, -0.15) is 4.98 Å². The Balaban J connectivity index is 1.71. The van der Waals surface area contributed by atoms with E-state index in [4.69, 9.17) is 9.47 Å². The summed E-state index contributed by atoms with van der Waals surface area (Å²) in [6.07, 6.45) is 2.73. The van der Waals surface area contributed by atoms with E-state index in [2.05, 4.69) is 28.4 Å². The van der Waals surface area contributed by atoms with E-state index in [1.54, 1.807) is 18.1 Å². The number of nitrogens with zero attached hydrogens (tertiary/aromatic N) is 3. The number of aryl methyl sites for hydroxylation is 1. The largest absolute Gasteiger partial charge is 0.490 e. The lowest BCUT2D eigenvalue weighted by molar-refractivity contribution is 0.206. The van der Waals surface area contributed by atoms with Crippen LogP contribution in [0.25, 0.3) is 0 Å². The number of nitrogens with one attached hydrogen (secondary N) is 1. The summed E-state index contributed by atoms with van der Waals surface area (Å²) in [5, 5.41) is 7.40. The third-order valence-corrected chi connectivity index (χ3v) is 2.82. The van der Waals surface area contributed by atoms with Gasteiger partial charge in [0.05, 0.1) is 0 Å². The van der Waals surface area contributed by atoms with Crippen LogP contribution in [0.3, 0.4) is 0 Å². The molecule has 21 heavy (non-hydrogen) atoms. The van der Waals surface area contributed by atoms with Crippen molar-refractivity contribution in [2.45, 2.75) is 19.9 Å². The van der Waals surface area contributed by atoms with Gasteiger partial charge in [0, 0.05) is 13.6 Å². The molecule has 1 aromatic heterocycles. The van der Waals surface area contributed by atoms with Crippen molar-refractivity contribution < 1.29 is 9.47 Å². The quantitative estimate of drug-likeness (QED) is 0.713. The van der Waals surface area contributed by atoms with E-state index in [9.17, 15) is 0 Å². The van der Waals surface area contributed by atoms with Gasteiger partial charge in [-0.1, -0.05) is 19.1 Å². The molecule has 1 aromatic carbocycles. The second-order valence-electron chi connectivity index (χ2n) is 4.72. The molecular formula is C15H22N4O2. The Kier molecular flexibility index (Phi) is 6.02. The summed E-state index contributed by atoms with van der Waals surface area (Å²) in [6, 6.07) is 8.45. The zero-order valence-electron chi connectivity index (χ0n) is 12.6. The van der Waals surface area contributed by atoms with E-state index in [1.807, 2.05) is 18.2 Å². The molecule has 1 N–H and O–H groups in total. The summed E-state index contributed by atoms with van der Waals surface area (Å²) >= 11 is 0. The van der Waals surface area contributed by atoms with Crippen LogP contribution in [0.15, 0.2) is 30.6 Å². The maximum Gasteiger partial charge on any atom is 0.335 e. The third kappa shape index (κ3) is 5.43. The van der Waals surface area contributed by atoms with Gasteiger partial charge >= 0.3 is 6.01 Å². The lowest BCUT2D eigenvalue weighted by atomic mass is 10.2. The minimum Gasteiger partial charge on any atom is -0.490 e. The summed E-state index contributed by atoms with van der Waals surface area (Å²) in [7, 11) is 1.80. The van der Waals surface area contributed by atoms with Gasteiger partial charge in [0.15, 0.2) is 0 Å². The highest BCUT2D eigenvalue weighted by molar-refractivity contribution is 5.28. The van der Waals surface area contributed by atoms with Crippen molar-refractivity contribution in [3.05, 3.63) is 36.2 Å². The highest BCUT2D eigenvalue weighted by Gasteiger charge is 2.00. The number of aromatic nitrogens is 3. The Bertz CT molecular complexity index is 542. The van der Waals surface area contributed by atoms with E-state index in [0.29, 0.717) is 19.2 Å². The Hall–Kier alpha value is -2.08. The summed E-state index contributed by atoms with van der Waals surface area (Å²) in [5.74, 6) is 0.850. The maximum atomic E-state index is 5.67. The molecule has 0 aliphatic rings. The molecule has 0 bridgehead atoms. The zero-order valence-corrected chi connectivity index (χ0v) is 12.6. The summed E-state index contributed by atoms with van der Waals surface area (Å²) in [5.41, 5.74) is 1.22. The SMILES string of the molecule is CCCNCc1cccc(OCCOc2ncn(C)n2)c1. The third-order valence-electron chi connectivity index (χ3n) is 2.82. The van der Waals surface area contributed by atoms with Gasteiger partial charge in [-0.3, -0.25) is 4.68 Å². The fourth-order valence-corrected chi connectivity index (χ4v) is 1.83. The predicted molar refractivity (Wildman–Crippen MR) is 80.4 cm³/mol. The van der Waals surface area contributed by atoms with Crippen molar-refractivity contribution in [2.75, 3.05) is 19.8 Å². The first-order valence-electron chi connectivity index (χ1n) is 7.19. The zero-order chi connectivity index (χ0) is 14.9. The molecule has 0 amide bonds. The first-order chi connectivity index (χ1) is 10.3. The summed E-state index contributed by atoms with van der Waals surface area (Å²) in [4.78, 5) is 3.98. The first-order valence-corrected chi connectivity index (χ1v) is 7.19. The maximum absolute atomic E-state index is 5.67. The summed E-state index contributed by atoms with van der Waals surface area (Å²) < 4.78 is 12.6. The number of ether oxygens (including phenoxy) is 2. The van der Waals surface area contributed by atoms with Crippen molar-refractivity contribution in [3.63, 3.8) is 0 Å². The molecule has 0 radical (unpaired) electrons. The van der Waals surface area contributed by atoms with Crippen molar-refractivity contribution in [1.82, 2.24) is 20.1 Å². The molecule has 0 spiro atoms. The van der Waals surface area contributed by atoms with Crippen LogP contribution in [0.1, 0.15) is 18.9 Å². The Morgan fingerprint density at radius 2 is 2.10 bits per heavy atom. The van der Waals surface area contributed by atoms with Gasteiger partial charge in [-0.15, -0.1) is 5.10 Å². The van der Waals surface area contributed by atoms with E-state index >= 15 is 0 Å². The fraction of sp³-hybridized carbons (Fsp3) is 0.467. The molecule has 2 aromatic rings. The van der Waals surface area contributed by atoms with Crippen LogP contribution in [0.5, 0.6) is 11.8 Å². The molecular weight excluding hydrogens is 268 g/mol. The van der Waals surface area contributed by atoms with Crippen LogP contribution in [-0.2, 0) is 13.6 Å². The fourth-order valence-electron chi connectivity index (χ4n) is 1.83. The van der Waals surface area contributed by atoms with Crippen LogP contribution >= 0.6 is 0 Å². The lowest BCUT2D eigenvalue weighted by Gasteiger charge is -2.08. The van der Waals surface area contributed by atoms with E-state index in [0.717, 1.165) is 25.3 Å². The number of benzene rings is 1. The highest BCUT2D eigenvalue weighted by Crippen LogP contribution is 2.13. The monoisotopic (exact) mass is 290 g/mol. The van der Waals surface area contributed by atoms with E-state index in [1.165, 1.54) is 5.56 Å². The van der Waals surface area contributed by atoms with Crippen molar-refractivity contribution in [3.8, 4) is 11.8 Å². The molecule has 2 rings (SSSR count). The summed E-state index contributed by atoms with van der Waals surface area (Å²) in [6.45, 7) is 4.92. The van der Waals surface area contributed by atoms with Crippen molar-refractivity contribution in [2.24, 2.45) is 7.05 Å². The molecule has 0 atom stereocenters. The first kappa shape index (κ1) is 15.3. The Morgan fingerprint density at radius 3 is 2.86 bits per heavy atom. The van der Waals surface area contributed by atoms with Crippen LogP contribution in [0.4, 0.5) is 0 Å². The average molecular weight is 290 g/mol. The van der Waals surface area contributed by atoms with Gasteiger partial charge in [0.25, 0.3) is 0 Å². The van der Waals surface area contributed by atoms with Gasteiger partial charge in [-0.25, -0.2) is 0 Å². The molecule has 0 fully saturated rings.